The molecule has 63 heavy (non-hydrogen) atoms. The molecular formula is C61H44N2. The lowest BCUT2D eigenvalue weighted by Gasteiger charge is -2.28. The molecule has 11 aromatic rings. The van der Waals surface area contributed by atoms with Gasteiger partial charge in [-0.2, -0.15) is 0 Å². The number of benzene rings is 10. The van der Waals surface area contributed by atoms with E-state index < -0.39 is 0 Å². The van der Waals surface area contributed by atoms with Gasteiger partial charge >= 0.3 is 0 Å². The SMILES string of the molecule is CC1(C)c2cc(N(c3ccccc3)c3ccc(-c4ccccc4)cc3)ccc2-c2c1cc(-n1c3ccc(-c4ccccc4)cc3c3cc(-c4ccccc4)ccc31)c1ccccc21. The highest BCUT2D eigenvalue weighted by Gasteiger charge is 2.38. The Morgan fingerprint density at radius 1 is 0.333 bits per heavy atom. The van der Waals surface area contributed by atoms with Crippen molar-refractivity contribution in [3.63, 3.8) is 0 Å². The fraction of sp³-hybridized carbons (Fsp3) is 0.0492. The van der Waals surface area contributed by atoms with Gasteiger partial charge < -0.3 is 9.47 Å². The summed E-state index contributed by atoms with van der Waals surface area (Å²) in [5, 5.41) is 5.02. The number of para-hydroxylation sites is 1. The molecule has 0 aliphatic heterocycles. The van der Waals surface area contributed by atoms with Gasteiger partial charge in [0.1, 0.15) is 0 Å². The molecule has 1 aliphatic rings. The second-order valence-electron chi connectivity index (χ2n) is 17.3. The van der Waals surface area contributed by atoms with Crippen LogP contribution in [0.4, 0.5) is 17.1 Å². The van der Waals surface area contributed by atoms with E-state index in [9.17, 15) is 0 Å². The van der Waals surface area contributed by atoms with Crippen molar-refractivity contribution in [3.8, 4) is 50.2 Å². The normalized spacial score (nSPS) is 12.7. The smallest absolute Gasteiger partial charge is 0.0544 e. The van der Waals surface area contributed by atoms with Crippen LogP contribution in [0.5, 0.6) is 0 Å². The minimum atomic E-state index is -0.279. The van der Waals surface area contributed by atoms with Gasteiger partial charge in [-0.3, -0.25) is 0 Å². The molecule has 12 rings (SSSR count). The summed E-state index contributed by atoms with van der Waals surface area (Å²) < 4.78 is 2.53. The van der Waals surface area contributed by atoms with E-state index in [1.807, 2.05) is 0 Å². The molecule has 2 nitrogen and oxygen atoms in total. The summed E-state index contributed by atoms with van der Waals surface area (Å²) in [4.78, 5) is 2.39. The molecule has 10 aromatic carbocycles. The van der Waals surface area contributed by atoms with Crippen LogP contribution in [0, 0.1) is 0 Å². The molecule has 0 spiro atoms. The molecule has 0 unspecified atom stereocenters. The van der Waals surface area contributed by atoms with E-state index in [-0.39, 0.29) is 5.41 Å². The van der Waals surface area contributed by atoms with Gasteiger partial charge in [0.2, 0.25) is 0 Å². The number of hydrogen-bond acceptors (Lipinski definition) is 1. The average molecular weight is 805 g/mol. The molecule has 0 bridgehead atoms. The summed E-state index contributed by atoms with van der Waals surface area (Å²) in [6.45, 7) is 4.82. The van der Waals surface area contributed by atoms with Crippen LogP contribution < -0.4 is 4.90 Å². The Morgan fingerprint density at radius 3 is 1.35 bits per heavy atom. The minimum absolute atomic E-state index is 0.279. The van der Waals surface area contributed by atoms with Crippen LogP contribution in [0.1, 0.15) is 25.0 Å². The summed E-state index contributed by atoms with van der Waals surface area (Å²) in [5.41, 5.74) is 19.3. The van der Waals surface area contributed by atoms with Gasteiger partial charge in [0.15, 0.2) is 0 Å². The van der Waals surface area contributed by atoms with Gasteiger partial charge in [-0.1, -0.05) is 178 Å². The first-order chi connectivity index (χ1) is 31.0. The maximum atomic E-state index is 2.53. The largest absolute Gasteiger partial charge is 0.310 e. The Labute approximate surface area is 368 Å². The van der Waals surface area contributed by atoms with Crippen molar-refractivity contribution < 1.29 is 0 Å². The summed E-state index contributed by atoms with van der Waals surface area (Å²) in [6, 6.07) is 84.5. The number of nitrogens with zero attached hydrogens (tertiary/aromatic N) is 2. The molecule has 0 saturated carbocycles. The molecule has 298 valence electrons. The summed E-state index contributed by atoms with van der Waals surface area (Å²) in [7, 11) is 0. The fourth-order valence-corrected chi connectivity index (χ4v) is 10.2. The van der Waals surface area contributed by atoms with E-state index in [2.05, 4.69) is 254 Å². The predicted molar refractivity (Wildman–Crippen MR) is 267 cm³/mol. The molecule has 0 radical (unpaired) electrons. The molecule has 0 amide bonds. The zero-order chi connectivity index (χ0) is 42.1. The predicted octanol–water partition coefficient (Wildman–Crippen LogP) is 16.7. The van der Waals surface area contributed by atoms with E-state index in [0.29, 0.717) is 0 Å². The number of aromatic nitrogens is 1. The number of rotatable bonds is 7. The molecular weight excluding hydrogens is 761 g/mol. The van der Waals surface area contributed by atoms with Gasteiger partial charge in [0.05, 0.1) is 16.7 Å². The van der Waals surface area contributed by atoms with E-state index in [4.69, 9.17) is 0 Å². The van der Waals surface area contributed by atoms with Crippen molar-refractivity contribution in [1.29, 1.82) is 0 Å². The van der Waals surface area contributed by atoms with Gasteiger partial charge in [-0.05, 0) is 128 Å². The monoisotopic (exact) mass is 804 g/mol. The Balaban J connectivity index is 1.04. The lowest BCUT2D eigenvalue weighted by molar-refractivity contribution is 0.660. The maximum absolute atomic E-state index is 2.53. The van der Waals surface area contributed by atoms with Gasteiger partial charge in [0, 0.05) is 38.6 Å². The third kappa shape index (κ3) is 6.02. The average Bonchev–Trinajstić information content (AvgIpc) is 3.79. The third-order valence-corrected chi connectivity index (χ3v) is 13.4. The number of anilines is 3. The lowest BCUT2D eigenvalue weighted by atomic mass is 9.81. The molecule has 1 aromatic heterocycles. The van der Waals surface area contributed by atoms with Gasteiger partial charge in [-0.15, -0.1) is 0 Å². The first-order valence-electron chi connectivity index (χ1n) is 21.9. The van der Waals surface area contributed by atoms with Crippen molar-refractivity contribution in [3.05, 3.63) is 242 Å². The standard InChI is InChI=1S/C61H44N2/c1-61(2)55-39-49(62(47-23-13-6-14-24-47)48-31-27-44(28-32-48)41-17-7-3-8-18-41)33-34-52(55)60-51-26-16-15-25-50(51)59(40-56(60)61)63-57-35-29-45(42-19-9-4-10-20-42)37-53(57)54-38-46(30-36-58(54)63)43-21-11-5-12-22-43/h3-40H,1-2H3. The first-order valence-corrected chi connectivity index (χ1v) is 21.9. The van der Waals surface area contributed by atoms with Crippen LogP contribution in [-0.4, -0.2) is 4.57 Å². The first kappa shape index (κ1) is 36.9. The second-order valence-corrected chi connectivity index (χ2v) is 17.3. The van der Waals surface area contributed by atoms with Crippen molar-refractivity contribution >= 4 is 49.6 Å². The van der Waals surface area contributed by atoms with Crippen LogP contribution in [0.15, 0.2) is 231 Å². The number of fused-ring (bicyclic) bond motifs is 8. The zero-order valence-electron chi connectivity index (χ0n) is 35.3. The number of hydrogen-bond donors (Lipinski definition) is 0. The highest BCUT2D eigenvalue weighted by atomic mass is 15.1. The second kappa shape index (κ2) is 14.6. The Bertz CT molecular complexity index is 3400. The maximum Gasteiger partial charge on any atom is 0.0544 e. The minimum Gasteiger partial charge on any atom is -0.310 e. The summed E-state index contributed by atoms with van der Waals surface area (Å²) >= 11 is 0. The molecule has 0 N–H and O–H groups in total. The Kier molecular flexibility index (Phi) is 8.55. The summed E-state index contributed by atoms with van der Waals surface area (Å²) in [5.74, 6) is 0. The highest BCUT2D eigenvalue weighted by molar-refractivity contribution is 6.14. The Morgan fingerprint density at radius 2 is 0.778 bits per heavy atom. The summed E-state index contributed by atoms with van der Waals surface area (Å²) in [6.07, 6.45) is 0. The topological polar surface area (TPSA) is 8.17 Å². The van der Waals surface area contributed by atoms with Crippen LogP contribution in [0.2, 0.25) is 0 Å². The van der Waals surface area contributed by atoms with Crippen molar-refractivity contribution in [2.75, 3.05) is 4.90 Å². The fourth-order valence-electron chi connectivity index (χ4n) is 10.2. The van der Waals surface area contributed by atoms with Crippen LogP contribution in [-0.2, 0) is 5.41 Å². The van der Waals surface area contributed by atoms with Crippen molar-refractivity contribution in [1.82, 2.24) is 4.57 Å². The van der Waals surface area contributed by atoms with Crippen molar-refractivity contribution in [2.24, 2.45) is 0 Å². The van der Waals surface area contributed by atoms with E-state index in [1.54, 1.807) is 0 Å². The van der Waals surface area contributed by atoms with Gasteiger partial charge in [0.25, 0.3) is 0 Å². The highest BCUT2D eigenvalue weighted by Crippen LogP contribution is 2.54. The quantitative estimate of drug-likeness (QED) is 0.156. The van der Waals surface area contributed by atoms with Crippen LogP contribution >= 0.6 is 0 Å². The van der Waals surface area contributed by atoms with Crippen LogP contribution in [0.3, 0.4) is 0 Å². The molecule has 1 heterocycles. The van der Waals surface area contributed by atoms with Crippen molar-refractivity contribution in [2.45, 2.75) is 19.3 Å². The van der Waals surface area contributed by atoms with Crippen LogP contribution in [0.25, 0.3) is 82.8 Å². The molecule has 0 atom stereocenters. The van der Waals surface area contributed by atoms with E-state index in [0.717, 1.165) is 17.1 Å². The zero-order valence-corrected chi connectivity index (χ0v) is 35.3. The lowest BCUT2D eigenvalue weighted by Crippen LogP contribution is -2.17. The molecule has 1 aliphatic carbocycles. The molecule has 0 saturated heterocycles. The molecule has 0 fully saturated rings. The molecule has 2 heteroatoms. The Hall–Kier alpha value is -7.94. The van der Waals surface area contributed by atoms with E-state index >= 15 is 0 Å². The van der Waals surface area contributed by atoms with E-state index in [1.165, 1.54) is 93.9 Å². The third-order valence-electron chi connectivity index (χ3n) is 13.4. The van der Waals surface area contributed by atoms with Gasteiger partial charge in [-0.25, -0.2) is 0 Å².